The lowest BCUT2D eigenvalue weighted by molar-refractivity contribution is 0.392. The van der Waals surface area contributed by atoms with Crippen molar-refractivity contribution in [2.24, 2.45) is 0 Å². The van der Waals surface area contributed by atoms with Gasteiger partial charge in [0.2, 0.25) is 0 Å². The van der Waals surface area contributed by atoms with E-state index in [0.29, 0.717) is 10.6 Å². The van der Waals surface area contributed by atoms with Crippen molar-refractivity contribution in [1.82, 2.24) is 5.32 Å². The summed E-state index contributed by atoms with van der Waals surface area (Å²) in [7, 11) is 0. The maximum atomic E-state index is 14.1. The van der Waals surface area contributed by atoms with Crippen molar-refractivity contribution in [3.8, 4) is 0 Å². The van der Waals surface area contributed by atoms with Crippen molar-refractivity contribution in [3.63, 3.8) is 0 Å². The van der Waals surface area contributed by atoms with Crippen molar-refractivity contribution < 1.29 is 8.78 Å². The second kappa shape index (κ2) is 6.12. The molecule has 1 heterocycles. The number of rotatable bonds is 2. The Kier molecular flexibility index (Phi) is 4.22. The summed E-state index contributed by atoms with van der Waals surface area (Å²) in [5.74, 6) is -0.919. The van der Waals surface area contributed by atoms with Gasteiger partial charge in [-0.1, -0.05) is 35.9 Å². The molecule has 1 saturated heterocycles. The van der Waals surface area contributed by atoms with Gasteiger partial charge in [0.1, 0.15) is 11.6 Å². The lowest BCUT2D eigenvalue weighted by Crippen LogP contribution is -2.34. The Balaban J connectivity index is 2.00. The number of benzene rings is 2. The molecule has 1 nitrogen and oxygen atoms in total. The fourth-order valence-electron chi connectivity index (χ4n) is 3.14. The minimum atomic E-state index is -0.542. The second-order valence-electron chi connectivity index (χ2n) is 5.39. The molecule has 1 aliphatic heterocycles. The van der Waals surface area contributed by atoms with Gasteiger partial charge in [0.25, 0.3) is 0 Å². The van der Waals surface area contributed by atoms with Gasteiger partial charge in [-0.15, -0.1) is 0 Å². The van der Waals surface area contributed by atoms with Crippen LogP contribution in [0.3, 0.4) is 0 Å². The van der Waals surface area contributed by atoms with Crippen LogP contribution in [0, 0.1) is 11.6 Å². The molecule has 2 unspecified atom stereocenters. The maximum absolute atomic E-state index is 14.1. The average Bonchev–Trinajstić information content (AvgIpc) is 2.48. The van der Waals surface area contributed by atoms with Gasteiger partial charge < -0.3 is 5.32 Å². The second-order valence-corrected chi connectivity index (χ2v) is 5.80. The number of nitrogens with one attached hydrogen (secondary N) is 1. The molecule has 0 saturated carbocycles. The predicted octanol–water partition coefficient (Wildman–Crippen LogP) is 4.48. The van der Waals surface area contributed by atoms with E-state index in [0.717, 1.165) is 31.1 Å². The molecule has 4 heteroatoms. The van der Waals surface area contributed by atoms with Crippen molar-refractivity contribution in [1.29, 1.82) is 0 Å². The third kappa shape index (κ3) is 2.94. The lowest BCUT2D eigenvalue weighted by atomic mass is 9.77. The van der Waals surface area contributed by atoms with Crippen LogP contribution < -0.4 is 5.32 Å². The fraction of sp³-hybridized carbons (Fsp3) is 0.294. The third-order valence-corrected chi connectivity index (χ3v) is 4.49. The zero-order chi connectivity index (χ0) is 14.8. The highest BCUT2D eigenvalue weighted by molar-refractivity contribution is 6.31. The number of hydrogen-bond donors (Lipinski definition) is 1. The summed E-state index contributed by atoms with van der Waals surface area (Å²) in [5, 5.41) is 4.03. The Hall–Kier alpha value is -1.45. The lowest BCUT2D eigenvalue weighted by Gasteiger charge is -2.33. The van der Waals surface area contributed by atoms with Crippen LogP contribution in [-0.4, -0.2) is 13.1 Å². The first-order chi connectivity index (χ1) is 10.2. The van der Waals surface area contributed by atoms with Crippen LogP contribution >= 0.6 is 11.6 Å². The molecule has 1 fully saturated rings. The standard InChI is InChI=1S/C17H16ClF2N/c18-16-4-2-1-3-13(16)15-10-21-8-7-12(15)14-6-5-11(19)9-17(14)20/h1-6,9,12,15,21H,7-8,10H2. The molecule has 2 aromatic rings. The Bertz CT molecular complexity index is 644. The van der Waals surface area contributed by atoms with E-state index in [1.165, 1.54) is 6.07 Å². The van der Waals surface area contributed by atoms with E-state index in [1.807, 2.05) is 24.3 Å². The Morgan fingerprint density at radius 1 is 1.00 bits per heavy atom. The molecule has 1 aliphatic rings. The molecule has 0 bridgehead atoms. The summed E-state index contributed by atoms with van der Waals surface area (Å²) in [6.07, 6.45) is 0.804. The molecule has 0 amide bonds. The highest BCUT2D eigenvalue weighted by Crippen LogP contribution is 2.40. The summed E-state index contributed by atoms with van der Waals surface area (Å²) >= 11 is 6.29. The van der Waals surface area contributed by atoms with Gasteiger partial charge in [0.05, 0.1) is 0 Å². The van der Waals surface area contributed by atoms with E-state index >= 15 is 0 Å². The van der Waals surface area contributed by atoms with Crippen molar-refractivity contribution in [2.75, 3.05) is 13.1 Å². The van der Waals surface area contributed by atoms with Crippen molar-refractivity contribution in [3.05, 3.63) is 70.2 Å². The Morgan fingerprint density at radius 3 is 2.57 bits per heavy atom. The van der Waals surface area contributed by atoms with E-state index in [2.05, 4.69) is 5.32 Å². The number of hydrogen-bond acceptors (Lipinski definition) is 1. The Morgan fingerprint density at radius 2 is 1.81 bits per heavy atom. The van der Waals surface area contributed by atoms with Gasteiger partial charge in [-0.25, -0.2) is 8.78 Å². The average molecular weight is 308 g/mol. The highest BCUT2D eigenvalue weighted by atomic mass is 35.5. The zero-order valence-corrected chi connectivity index (χ0v) is 12.2. The largest absolute Gasteiger partial charge is 0.316 e. The summed E-state index contributed by atoms with van der Waals surface area (Å²) in [6, 6.07) is 11.5. The number of halogens is 3. The van der Waals surface area contributed by atoms with Crippen LogP contribution in [0.25, 0.3) is 0 Å². The minimum absolute atomic E-state index is 0.00625. The monoisotopic (exact) mass is 307 g/mol. The van der Waals surface area contributed by atoms with Gasteiger partial charge in [-0.2, -0.15) is 0 Å². The van der Waals surface area contributed by atoms with E-state index in [1.54, 1.807) is 6.07 Å². The topological polar surface area (TPSA) is 12.0 Å². The predicted molar refractivity (Wildman–Crippen MR) is 80.8 cm³/mol. The quantitative estimate of drug-likeness (QED) is 0.862. The smallest absolute Gasteiger partial charge is 0.129 e. The molecule has 0 aliphatic carbocycles. The van der Waals surface area contributed by atoms with Crippen molar-refractivity contribution in [2.45, 2.75) is 18.3 Å². The highest BCUT2D eigenvalue weighted by Gasteiger charge is 2.30. The first kappa shape index (κ1) is 14.5. The minimum Gasteiger partial charge on any atom is -0.316 e. The van der Waals surface area contributed by atoms with Gasteiger partial charge in [0, 0.05) is 23.6 Å². The fourth-order valence-corrected chi connectivity index (χ4v) is 3.41. The summed E-state index contributed by atoms with van der Waals surface area (Å²) in [5.41, 5.74) is 1.59. The molecule has 2 aromatic carbocycles. The summed E-state index contributed by atoms with van der Waals surface area (Å²) in [6.45, 7) is 1.56. The molecule has 3 rings (SSSR count). The maximum Gasteiger partial charge on any atom is 0.129 e. The molecule has 2 atom stereocenters. The van der Waals surface area contributed by atoms with Crippen LogP contribution in [0.5, 0.6) is 0 Å². The van der Waals surface area contributed by atoms with E-state index < -0.39 is 11.6 Å². The van der Waals surface area contributed by atoms with Gasteiger partial charge in [0.15, 0.2) is 0 Å². The Labute approximate surface area is 127 Å². The van der Waals surface area contributed by atoms with Gasteiger partial charge in [-0.3, -0.25) is 0 Å². The molecule has 110 valence electrons. The molecular formula is C17H16ClF2N. The van der Waals surface area contributed by atoms with Gasteiger partial charge >= 0.3 is 0 Å². The zero-order valence-electron chi connectivity index (χ0n) is 11.5. The van der Waals surface area contributed by atoms with E-state index in [9.17, 15) is 8.78 Å². The number of piperidine rings is 1. The normalized spacial score (nSPS) is 22.2. The molecule has 21 heavy (non-hydrogen) atoms. The summed E-state index contributed by atoms with van der Waals surface area (Å²) < 4.78 is 27.3. The van der Waals surface area contributed by atoms with E-state index in [-0.39, 0.29) is 11.8 Å². The molecule has 0 spiro atoms. The van der Waals surface area contributed by atoms with E-state index in [4.69, 9.17) is 11.6 Å². The van der Waals surface area contributed by atoms with Crippen LogP contribution in [0.15, 0.2) is 42.5 Å². The van der Waals surface area contributed by atoms with Gasteiger partial charge in [-0.05, 0) is 42.1 Å². The summed E-state index contributed by atoms with van der Waals surface area (Å²) in [4.78, 5) is 0. The molecule has 1 N–H and O–H groups in total. The van der Waals surface area contributed by atoms with Crippen LogP contribution in [0.2, 0.25) is 5.02 Å². The van der Waals surface area contributed by atoms with Crippen LogP contribution in [0.4, 0.5) is 8.78 Å². The SMILES string of the molecule is Fc1ccc(C2CCNCC2c2ccccc2Cl)c(F)c1. The van der Waals surface area contributed by atoms with Crippen molar-refractivity contribution >= 4 is 11.6 Å². The molecular weight excluding hydrogens is 292 g/mol. The van der Waals surface area contributed by atoms with Crippen LogP contribution in [-0.2, 0) is 0 Å². The molecule has 0 radical (unpaired) electrons. The van der Waals surface area contributed by atoms with Crippen LogP contribution in [0.1, 0.15) is 29.4 Å². The first-order valence-electron chi connectivity index (χ1n) is 7.07. The third-order valence-electron chi connectivity index (χ3n) is 4.15. The first-order valence-corrected chi connectivity index (χ1v) is 7.44. The molecule has 0 aromatic heterocycles.